The zero-order chi connectivity index (χ0) is 17.4. The number of hydrogen-bond donors (Lipinski definition) is 1. The number of hydrogen-bond acceptors (Lipinski definition) is 3. The summed E-state index contributed by atoms with van der Waals surface area (Å²) >= 11 is 0. The molecule has 1 N–H and O–H groups in total. The summed E-state index contributed by atoms with van der Waals surface area (Å²) in [6, 6.07) is 18.3. The summed E-state index contributed by atoms with van der Waals surface area (Å²) in [5.41, 5.74) is 4.11. The second-order valence-corrected chi connectivity index (χ2v) is 5.81. The first kappa shape index (κ1) is 15.4. The van der Waals surface area contributed by atoms with E-state index in [-0.39, 0.29) is 0 Å². The van der Waals surface area contributed by atoms with Gasteiger partial charge in [0.15, 0.2) is 0 Å². The van der Waals surface area contributed by atoms with Crippen LogP contribution in [-0.4, -0.2) is 26.3 Å². The molecule has 0 saturated heterocycles. The summed E-state index contributed by atoms with van der Waals surface area (Å²) in [7, 11) is 4.94. The molecule has 4 heteroatoms. The van der Waals surface area contributed by atoms with Crippen LogP contribution in [0.4, 0.5) is 0 Å². The maximum atomic E-state index is 5.63. The van der Waals surface area contributed by atoms with Crippen LogP contribution < -0.4 is 14.2 Å². The van der Waals surface area contributed by atoms with Crippen molar-refractivity contribution in [1.82, 2.24) is 4.98 Å². The molecule has 0 unspecified atom stereocenters. The zero-order valence-electron chi connectivity index (χ0n) is 14.4. The highest BCUT2D eigenvalue weighted by Crippen LogP contribution is 2.44. The molecule has 0 aliphatic rings. The van der Waals surface area contributed by atoms with Crippen LogP contribution in [0.1, 0.15) is 0 Å². The predicted molar refractivity (Wildman–Crippen MR) is 101 cm³/mol. The van der Waals surface area contributed by atoms with Crippen LogP contribution in [0.5, 0.6) is 17.2 Å². The predicted octanol–water partition coefficient (Wildman–Crippen LogP) is 5.01. The third-order valence-corrected chi connectivity index (χ3v) is 4.53. The number of rotatable bonds is 4. The second-order valence-electron chi connectivity index (χ2n) is 5.81. The van der Waals surface area contributed by atoms with Crippen molar-refractivity contribution in [2.24, 2.45) is 0 Å². The Hall–Kier alpha value is -3.14. The van der Waals surface area contributed by atoms with Gasteiger partial charge >= 0.3 is 0 Å². The number of H-pyrrole nitrogens is 1. The Balaban J connectivity index is 2.08. The molecule has 0 saturated carbocycles. The first-order chi connectivity index (χ1) is 12.3. The van der Waals surface area contributed by atoms with Crippen molar-refractivity contribution in [1.29, 1.82) is 0 Å². The van der Waals surface area contributed by atoms with Crippen molar-refractivity contribution in [3.05, 3.63) is 54.6 Å². The highest BCUT2D eigenvalue weighted by molar-refractivity contribution is 6.12. The summed E-state index contributed by atoms with van der Waals surface area (Å²) < 4.78 is 16.6. The molecule has 0 bridgehead atoms. The van der Waals surface area contributed by atoms with Crippen LogP contribution in [0.25, 0.3) is 32.9 Å². The quantitative estimate of drug-likeness (QED) is 0.570. The van der Waals surface area contributed by atoms with Crippen LogP contribution >= 0.6 is 0 Å². The zero-order valence-corrected chi connectivity index (χ0v) is 14.4. The monoisotopic (exact) mass is 333 g/mol. The van der Waals surface area contributed by atoms with Gasteiger partial charge < -0.3 is 19.2 Å². The van der Waals surface area contributed by atoms with E-state index in [1.807, 2.05) is 18.2 Å². The maximum absolute atomic E-state index is 5.63. The van der Waals surface area contributed by atoms with E-state index in [1.165, 1.54) is 10.8 Å². The second kappa shape index (κ2) is 6.06. The molecule has 0 aliphatic carbocycles. The fourth-order valence-electron chi connectivity index (χ4n) is 3.35. The van der Waals surface area contributed by atoms with E-state index in [1.54, 1.807) is 21.3 Å². The minimum atomic E-state index is 0.696. The van der Waals surface area contributed by atoms with Crippen LogP contribution in [0.2, 0.25) is 0 Å². The van der Waals surface area contributed by atoms with Gasteiger partial charge in [-0.05, 0) is 6.07 Å². The number of methoxy groups -OCH3 is 3. The molecule has 126 valence electrons. The molecule has 1 heterocycles. The first-order valence-electron chi connectivity index (χ1n) is 8.06. The maximum Gasteiger partial charge on any atom is 0.134 e. The number of ether oxygens (including phenoxy) is 3. The van der Waals surface area contributed by atoms with Crippen molar-refractivity contribution in [2.75, 3.05) is 21.3 Å². The minimum Gasteiger partial charge on any atom is -0.496 e. The average molecular weight is 333 g/mol. The van der Waals surface area contributed by atoms with Crippen molar-refractivity contribution in [3.63, 3.8) is 0 Å². The molecule has 0 spiro atoms. The molecule has 1 aromatic heterocycles. The number of nitrogens with one attached hydrogen (secondary N) is 1. The fraction of sp³-hybridized carbons (Fsp3) is 0.143. The van der Waals surface area contributed by atoms with E-state index < -0.39 is 0 Å². The summed E-state index contributed by atoms with van der Waals surface area (Å²) in [5, 5.41) is 2.37. The molecule has 4 nitrogen and oxygen atoms in total. The van der Waals surface area contributed by atoms with Gasteiger partial charge in [-0.3, -0.25) is 0 Å². The molecule has 0 radical (unpaired) electrons. The molecule has 25 heavy (non-hydrogen) atoms. The van der Waals surface area contributed by atoms with Gasteiger partial charge in [0.1, 0.15) is 17.2 Å². The summed E-state index contributed by atoms with van der Waals surface area (Å²) in [4.78, 5) is 3.53. The SMILES string of the molecule is COc1cc(OC)c(-c2cccc3c2[nH]c2ccccc23)c(OC)c1. The van der Waals surface area contributed by atoms with Gasteiger partial charge in [0.25, 0.3) is 0 Å². The Labute approximate surface area is 145 Å². The first-order valence-corrected chi connectivity index (χ1v) is 8.06. The van der Waals surface area contributed by atoms with Gasteiger partial charge in [-0.2, -0.15) is 0 Å². The number of aromatic amines is 1. The Morgan fingerprint density at radius 1 is 0.720 bits per heavy atom. The number of fused-ring (bicyclic) bond motifs is 3. The van der Waals surface area contributed by atoms with Crippen molar-refractivity contribution >= 4 is 21.8 Å². The molecular formula is C21H19NO3. The van der Waals surface area contributed by atoms with E-state index >= 15 is 0 Å². The lowest BCUT2D eigenvalue weighted by Gasteiger charge is -2.16. The Morgan fingerprint density at radius 2 is 1.40 bits per heavy atom. The minimum absolute atomic E-state index is 0.696. The van der Waals surface area contributed by atoms with E-state index in [4.69, 9.17) is 14.2 Å². The van der Waals surface area contributed by atoms with Gasteiger partial charge in [-0.15, -0.1) is 0 Å². The third-order valence-electron chi connectivity index (χ3n) is 4.53. The lowest BCUT2D eigenvalue weighted by molar-refractivity contribution is 0.377. The van der Waals surface area contributed by atoms with Gasteiger partial charge in [0.2, 0.25) is 0 Å². The molecule has 4 aromatic rings. The number of benzene rings is 3. The molecule has 0 fully saturated rings. The largest absolute Gasteiger partial charge is 0.496 e. The highest BCUT2D eigenvalue weighted by atomic mass is 16.5. The van der Waals surface area contributed by atoms with Gasteiger partial charge in [0, 0.05) is 34.0 Å². The molecule has 0 amide bonds. The molecule has 0 atom stereocenters. The van der Waals surface area contributed by atoms with Gasteiger partial charge in [-0.1, -0.05) is 36.4 Å². The molecule has 3 aromatic carbocycles. The number of aromatic nitrogens is 1. The van der Waals surface area contributed by atoms with E-state index in [9.17, 15) is 0 Å². The lowest BCUT2D eigenvalue weighted by Crippen LogP contribution is -1.95. The Bertz CT molecular complexity index is 1040. The summed E-state index contributed by atoms with van der Waals surface area (Å²) in [6.07, 6.45) is 0. The third kappa shape index (κ3) is 2.38. The molecule has 0 aliphatic heterocycles. The normalized spacial score (nSPS) is 11.0. The highest BCUT2D eigenvalue weighted by Gasteiger charge is 2.18. The van der Waals surface area contributed by atoms with Crippen LogP contribution in [0.3, 0.4) is 0 Å². The topological polar surface area (TPSA) is 43.5 Å². The van der Waals surface area contributed by atoms with Crippen LogP contribution in [-0.2, 0) is 0 Å². The number of para-hydroxylation sites is 2. The Morgan fingerprint density at radius 3 is 2.08 bits per heavy atom. The van der Waals surface area contributed by atoms with E-state index in [2.05, 4.69) is 41.4 Å². The Kier molecular flexibility index (Phi) is 3.73. The van der Waals surface area contributed by atoms with Crippen molar-refractivity contribution < 1.29 is 14.2 Å². The lowest BCUT2D eigenvalue weighted by atomic mass is 10.00. The molecule has 4 rings (SSSR count). The van der Waals surface area contributed by atoms with Crippen LogP contribution in [0.15, 0.2) is 54.6 Å². The van der Waals surface area contributed by atoms with E-state index in [0.29, 0.717) is 17.2 Å². The van der Waals surface area contributed by atoms with Crippen molar-refractivity contribution in [3.8, 4) is 28.4 Å². The van der Waals surface area contributed by atoms with E-state index in [0.717, 1.165) is 22.2 Å². The average Bonchev–Trinajstić information content (AvgIpc) is 3.05. The van der Waals surface area contributed by atoms with Crippen LogP contribution in [0, 0.1) is 0 Å². The smallest absolute Gasteiger partial charge is 0.134 e. The van der Waals surface area contributed by atoms with Gasteiger partial charge in [0.05, 0.1) is 32.4 Å². The fourth-order valence-corrected chi connectivity index (χ4v) is 3.35. The standard InChI is InChI=1S/C21H19NO3/c1-23-13-11-18(24-2)20(19(12-13)25-3)16-9-6-8-15-14-7-4-5-10-17(14)22-21(15)16/h4-12,22H,1-3H3. The van der Waals surface area contributed by atoms with Crippen molar-refractivity contribution in [2.45, 2.75) is 0 Å². The summed E-state index contributed by atoms with van der Waals surface area (Å²) in [6.45, 7) is 0. The van der Waals surface area contributed by atoms with Gasteiger partial charge in [-0.25, -0.2) is 0 Å². The molecular weight excluding hydrogens is 314 g/mol. The summed E-state index contributed by atoms with van der Waals surface area (Å²) in [5.74, 6) is 2.12.